The van der Waals surface area contributed by atoms with Crippen LogP contribution in [-0.2, 0) is 21.4 Å². The van der Waals surface area contributed by atoms with Crippen LogP contribution in [0.15, 0.2) is 54.6 Å². The van der Waals surface area contributed by atoms with Gasteiger partial charge in [-0.15, -0.1) is 0 Å². The van der Waals surface area contributed by atoms with Crippen molar-refractivity contribution in [2.45, 2.75) is 18.8 Å². The lowest BCUT2D eigenvalue weighted by Crippen LogP contribution is -2.46. The first-order valence-electron chi connectivity index (χ1n) is 7.72. The molecule has 0 saturated carbocycles. The molecule has 0 aromatic heterocycles. The van der Waals surface area contributed by atoms with Crippen LogP contribution in [0.3, 0.4) is 0 Å². The maximum Gasteiger partial charge on any atom is 0.318 e. The maximum absolute atomic E-state index is 12.8. The highest BCUT2D eigenvalue weighted by molar-refractivity contribution is 5.84. The van der Waals surface area contributed by atoms with E-state index in [4.69, 9.17) is 15.2 Å². The molecule has 0 amide bonds. The molecule has 1 atom stereocenters. The molecule has 2 rings (SSSR count). The SMILES string of the molecule is CCOC(=O)C(CN)(Cc1ccccc1)c1cccc(OC)c1. The smallest absolute Gasteiger partial charge is 0.318 e. The van der Waals surface area contributed by atoms with E-state index in [1.54, 1.807) is 14.0 Å². The Morgan fingerprint density at radius 1 is 1.13 bits per heavy atom. The largest absolute Gasteiger partial charge is 0.497 e. The van der Waals surface area contributed by atoms with E-state index in [1.807, 2.05) is 54.6 Å². The standard InChI is InChI=1S/C19H23NO3/c1-3-23-18(21)19(14-20,13-15-8-5-4-6-9-15)16-10-7-11-17(12-16)22-2/h4-12H,3,13-14,20H2,1-2H3. The third-order valence-electron chi connectivity index (χ3n) is 3.99. The van der Waals surface area contributed by atoms with E-state index in [0.29, 0.717) is 18.8 Å². The van der Waals surface area contributed by atoms with Crippen molar-refractivity contribution >= 4 is 5.97 Å². The zero-order valence-corrected chi connectivity index (χ0v) is 13.6. The summed E-state index contributed by atoms with van der Waals surface area (Å²) in [5.74, 6) is 0.386. The van der Waals surface area contributed by atoms with E-state index in [-0.39, 0.29) is 12.5 Å². The number of carbonyl (C=O) groups excluding carboxylic acids is 1. The lowest BCUT2D eigenvalue weighted by atomic mass is 9.75. The molecule has 4 nitrogen and oxygen atoms in total. The third-order valence-corrected chi connectivity index (χ3v) is 3.99. The van der Waals surface area contributed by atoms with Crippen molar-refractivity contribution in [1.29, 1.82) is 0 Å². The normalized spacial score (nSPS) is 13.2. The molecule has 2 aromatic carbocycles. The van der Waals surface area contributed by atoms with Gasteiger partial charge in [-0.25, -0.2) is 0 Å². The van der Waals surface area contributed by atoms with E-state index in [0.717, 1.165) is 11.1 Å². The first kappa shape index (κ1) is 17.0. The van der Waals surface area contributed by atoms with E-state index in [2.05, 4.69) is 0 Å². The zero-order valence-electron chi connectivity index (χ0n) is 13.6. The topological polar surface area (TPSA) is 61.5 Å². The summed E-state index contributed by atoms with van der Waals surface area (Å²) in [6, 6.07) is 17.3. The average molecular weight is 313 g/mol. The number of hydrogen-bond donors (Lipinski definition) is 1. The van der Waals surface area contributed by atoms with Gasteiger partial charge in [0.1, 0.15) is 11.2 Å². The fourth-order valence-electron chi connectivity index (χ4n) is 2.70. The highest BCUT2D eigenvalue weighted by atomic mass is 16.5. The van der Waals surface area contributed by atoms with Crippen LogP contribution in [-0.4, -0.2) is 26.2 Å². The van der Waals surface area contributed by atoms with E-state index >= 15 is 0 Å². The van der Waals surface area contributed by atoms with Crippen LogP contribution < -0.4 is 10.5 Å². The van der Waals surface area contributed by atoms with E-state index < -0.39 is 5.41 Å². The monoisotopic (exact) mass is 313 g/mol. The Balaban J connectivity index is 2.50. The minimum absolute atomic E-state index is 0.161. The van der Waals surface area contributed by atoms with Crippen LogP contribution in [0.1, 0.15) is 18.1 Å². The number of rotatable bonds is 7. The summed E-state index contributed by atoms with van der Waals surface area (Å²) in [7, 11) is 1.60. The molecule has 2 aromatic rings. The molecule has 1 unspecified atom stereocenters. The summed E-state index contributed by atoms with van der Waals surface area (Å²) < 4.78 is 10.6. The number of benzene rings is 2. The van der Waals surface area contributed by atoms with Gasteiger partial charge in [0.05, 0.1) is 13.7 Å². The number of carbonyl (C=O) groups is 1. The Hall–Kier alpha value is -2.33. The molecule has 23 heavy (non-hydrogen) atoms. The summed E-state index contributed by atoms with van der Waals surface area (Å²) in [6.07, 6.45) is 0.482. The second-order valence-corrected chi connectivity index (χ2v) is 5.40. The number of methoxy groups -OCH3 is 1. The minimum Gasteiger partial charge on any atom is -0.497 e. The fraction of sp³-hybridized carbons (Fsp3) is 0.316. The molecule has 4 heteroatoms. The van der Waals surface area contributed by atoms with Crippen LogP contribution in [0.5, 0.6) is 5.75 Å². The Morgan fingerprint density at radius 2 is 1.87 bits per heavy atom. The Bertz CT molecular complexity index is 642. The molecule has 0 saturated heterocycles. The Labute approximate surface area is 137 Å². The molecule has 0 aliphatic rings. The van der Waals surface area contributed by atoms with E-state index in [1.165, 1.54) is 0 Å². The molecule has 0 heterocycles. The first-order chi connectivity index (χ1) is 11.2. The molecular formula is C19H23NO3. The second kappa shape index (κ2) is 7.79. The number of nitrogens with two attached hydrogens (primary N) is 1. The predicted molar refractivity (Wildman–Crippen MR) is 90.5 cm³/mol. The van der Waals surface area contributed by atoms with Crippen LogP contribution >= 0.6 is 0 Å². The first-order valence-corrected chi connectivity index (χ1v) is 7.72. The fourth-order valence-corrected chi connectivity index (χ4v) is 2.70. The summed E-state index contributed by atoms with van der Waals surface area (Å²) >= 11 is 0. The lowest BCUT2D eigenvalue weighted by molar-refractivity contribution is -0.149. The summed E-state index contributed by atoms with van der Waals surface area (Å²) in [6.45, 7) is 2.28. The molecule has 2 N–H and O–H groups in total. The number of hydrogen-bond acceptors (Lipinski definition) is 4. The van der Waals surface area contributed by atoms with Gasteiger partial charge in [0.15, 0.2) is 0 Å². The average Bonchev–Trinajstić information content (AvgIpc) is 2.61. The van der Waals surface area contributed by atoms with Gasteiger partial charge in [-0.1, -0.05) is 42.5 Å². The number of ether oxygens (including phenoxy) is 2. The van der Waals surface area contributed by atoms with Gasteiger partial charge in [0, 0.05) is 6.54 Å². The van der Waals surface area contributed by atoms with Crippen LogP contribution in [0.25, 0.3) is 0 Å². The van der Waals surface area contributed by atoms with Gasteiger partial charge in [-0.3, -0.25) is 4.79 Å². The highest BCUT2D eigenvalue weighted by Crippen LogP contribution is 2.31. The Kier molecular flexibility index (Phi) is 5.77. The van der Waals surface area contributed by atoms with Crippen molar-refractivity contribution in [3.8, 4) is 5.75 Å². The second-order valence-electron chi connectivity index (χ2n) is 5.40. The van der Waals surface area contributed by atoms with Crippen LogP contribution in [0.2, 0.25) is 0 Å². The lowest BCUT2D eigenvalue weighted by Gasteiger charge is -2.31. The molecule has 0 aliphatic heterocycles. The highest BCUT2D eigenvalue weighted by Gasteiger charge is 2.41. The van der Waals surface area contributed by atoms with Crippen LogP contribution in [0.4, 0.5) is 0 Å². The van der Waals surface area contributed by atoms with Crippen molar-refractivity contribution < 1.29 is 14.3 Å². The number of esters is 1. The van der Waals surface area contributed by atoms with E-state index in [9.17, 15) is 4.79 Å². The van der Waals surface area contributed by atoms with Gasteiger partial charge in [0.2, 0.25) is 0 Å². The minimum atomic E-state index is -0.925. The van der Waals surface area contributed by atoms with Crippen molar-refractivity contribution in [3.63, 3.8) is 0 Å². The molecule has 0 aliphatic carbocycles. The van der Waals surface area contributed by atoms with Crippen molar-refractivity contribution in [1.82, 2.24) is 0 Å². The molecule has 0 bridgehead atoms. The van der Waals surface area contributed by atoms with Crippen molar-refractivity contribution in [3.05, 3.63) is 65.7 Å². The molecule has 0 radical (unpaired) electrons. The summed E-state index contributed by atoms with van der Waals surface area (Å²) in [5, 5.41) is 0. The van der Waals surface area contributed by atoms with Crippen molar-refractivity contribution in [2.24, 2.45) is 5.73 Å². The molecule has 0 spiro atoms. The zero-order chi connectivity index (χ0) is 16.7. The predicted octanol–water partition coefficient (Wildman–Crippen LogP) is 2.70. The van der Waals surface area contributed by atoms with Gasteiger partial charge in [-0.2, -0.15) is 0 Å². The third kappa shape index (κ3) is 3.71. The molecule has 0 fully saturated rings. The van der Waals surface area contributed by atoms with Crippen molar-refractivity contribution in [2.75, 3.05) is 20.3 Å². The van der Waals surface area contributed by atoms with Gasteiger partial charge < -0.3 is 15.2 Å². The van der Waals surface area contributed by atoms with Crippen LogP contribution in [0, 0.1) is 0 Å². The molecular weight excluding hydrogens is 290 g/mol. The quantitative estimate of drug-likeness (QED) is 0.798. The van der Waals surface area contributed by atoms with Gasteiger partial charge >= 0.3 is 5.97 Å². The van der Waals surface area contributed by atoms with Gasteiger partial charge in [-0.05, 0) is 36.6 Å². The maximum atomic E-state index is 12.8. The van der Waals surface area contributed by atoms with Gasteiger partial charge in [0.25, 0.3) is 0 Å². The summed E-state index contributed by atoms with van der Waals surface area (Å²) in [5.41, 5.74) is 6.99. The molecule has 122 valence electrons. The summed E-state index contributed by atoms with van der Waals surface area (Å²) in [4.78, 5) is 12.8. The Morgan fingerprint density at radius 3 is 2.48 bits per heavy atom.